The second-order valence-electron chi connectivity index (χ2n) is 5.46. The fourth-order valence-corrected chi connectivity index (χ4v) is 2.63. The number of hydrogen-bond donors (Lipinski definition) is 0. The maximum Gasteiger partial charge on any atom is 0.354 e. The number of rotatable bonds is 3. The lowest BCUT2D eigenvalue weighted by Crippen LogP contribution is -2.35. The first-order valence-electron chi connectivity index (χ1n) is 6.73. The first kappa shape index (κ1) is 14.1. The quantitative estimate of drug-likeness (QED) is 0.854. The molecule has 0 atom stereocenters. The van der Waals surface area contributed by atoms with Crippen molar-refractivity contribution in [1.29, 1.82) is 0 Å². The normalized spacial score (nSPS) is 14.1. The minimum absolute atomic E-state index is 0.302. The molecule has 2 heterocycles. The molecule has 0 saturated heterocycles. The van der Waals surface area contributed by atoms with Gasteiger partial charge in [0.2, 0.25) is 0 Å². The van der Waals surface area contributed by atoms with Gasteiger partial charge in [0.15, 0.2) is 5.82 Å². The average molecular weight is 351 g/mol. The van der Waals surface area contributed by atoms with Crippen molar-refractivity contribution >= 4 is 27.6 Å². The number of carbonyl (C=O) groups is 1. The van der Waals surface area contributed by atoms with Crippen LogP contribution < -0.4 is 10.6 Å². The summed E-state index contributed by atoms with van der Waals surface area (Å²) in [7, 11) is 0. The Morgan fingerprint density at radius 3 is 2.48 bits per heavy atom. The molecule has 1 aliphatic rings. The molecule has 3 rings (SSSR count). The van der Waals surface area contributed by atoms with Gasteiger partial charge in [-0.2, -0.15) is 9.67 Å². The summed E-state index contributed by atoms with van der Waals surface area (Å²) in [5.41, 5.74) is 0.395. The van der Waals surface area contributed by atoms with Gasteiger partial charge in [-0.25, -0.2) is 14.3 Å². The summed E-state index contributed by atoms with van der Waals surface area (Å²) in [5, 5.41) is 4.27. The van der Waals surface area contributed by atoms with Gasteiger partial charge in [-0.05, 0) is 30.2 Å². The summed E-state index contributed by atoms with van der Waals surface area (Å²) < 4.78 is 3.47. The molecule has 1 aromatic heterocycles. The predicted octanol–water partition coefficient (Wildman–Crippen LogP) is 2.45. The average Bonchev–Trinajstić information content (AvgIpc) is 2.89. The molecule has 0 spiro atoms. The molecule has 0 N–H and O–H groups in total. The van der Waals surface area contributed by atoms with Crippen LogP contribution in [0.25, 0.3) is 0 Å². The molecule has 7 heteroatoms. The van der Waals surface area contributed by atoms with E-state index in [9.17, 15) is 9.59 Å². The Morgan fingerprint density at radius 1 is 1.24 bits per heavy atom. The number of amides is 1. The SMILES string of the molecule is CC(C)Cn1nc2n(c1=O)C(=O)N(c1ccc(Br)cc1)C2. The van der Waals surface area contributed by atoms with Crippen LogP contribution in [0.15, 0.2) is 33.5 Å². The number of hydrogen-bond acceptors (Lipinski definition) is 3. The highest BCUT2D eigenvalue weighted by Gasteiger charge is 2.33. The Kier molecular flexibility index (Phi) is 3.44. The second kappa shape index (κ2) is 5.14. The minimum Gasteiger partial charge on any atom is -0.286 e. The van der Waals surface area contributed by atoms with Gasteiger partial charge in [0.1, 0.15) is 0 Å². The second-order valence-corrected chi connectivity index (χ2v) is 6.37. The van der Waals surface area contributed by atoms with Gasteiger partial charge in [0.05, 0.1) is 6.54 Å². The van der Waals surface area contributed by atoms with Crippen molar-refractivity contribution in [2.45, 2.75) is 26.9 Å². The van der Waals surface area contributed by atoms with Crippen LogP contribution in [0.5, 0.6) is 0 Å². The smallest absolute Gasteiger partial charge is 0.286 e. The number of benzene rings is 1. The van der Waals surface area contributed by atoms with Crippen LogP contribution in [-0.4, -0.2) is 20.4 Å². The van der Waals surface area contributed by atoms with E-state index in [0.717, 1.165) is 14.7 Å². The molecule has 0 bridgehead atoms. The van der Waals surface area contributed by atoms with Crippen molar-refractivity contribution in [3.8, 4) is 0 Å². The number of aromatic nitrogens is 3. The van der Waals surface area contributed by atoms with Gasteiger partial charge >= 0.3 is 11.7 Å². The van der Waals surface area contributed by atoms with Crippen LogP contribution in [0.3, 0.4) is 0 Å². The highest BCUT2D eigenvalue weighted by atomic mass is 79.9. The zero-order valence-corrected chi connectivity index (χ0v) is 13.4. The highest BCUT2D eigenvalue weighted by molar-refractivity contribution is 9.10. The third-order valence-electron chi connectivity index (χ3n) is 3.30. The maximum absolute atomic E-state index is 12.4. The van der Waals surface area contributed by atoms with E-state index in [1.807, 2.05) is 38.1 Å². The molecule has 110 valence electrons. The van der Waals surface area contributed by atoms with Crippen molar-refractivity contribution in [2.75, 3.05) is 4.90 Å². The Hall–Kier alpha value is -1.89. The summed E-state index contributed by atoms with van der Waals surface area (Å²) >= 11 is 3.36. The molecule has 1 aliphatic heterocycles. The van der Waals surface area contributed by atoms with Crippen molar-refractivity contribution in [3.05, 3.63) is 45.0 Å². The Labute approximate surface area is 130 Å². The molecule has 21 heavy (non-hydrogen) atoms. The summed E-state index contributed by atoms with van der Waals surface area (Å²) in [6.45, 7) is 4.85. The predicted molar refractivity (Wildman–Crippen MR) is 82.4 cm³/mol. The minimum atomic E-state index is -0.358. The lowest BCUT2D eigenvalue weighted by Gasteiger charge is -2.14. The van der Waals surface area contributed by atoms with Crippen LogP contribution in [0.1, 0.15) is 19.7 Å². The van der Waals surface area contributed by atoms with E-state index in [-0.39, 0.29) is 11.7 Å². The van der Waals surface area contributed by atoms with E-state index in [1.54, 1.807) is 4.90 Å². The molecule has 2 aromatic rings. The maximum atomic E-state index is 12.4. The molecule has 0 saturated carbocycles. The van der Waals surface area contributed by atoms with Crippen LogP contribution in [0.4, 0.5) is 10.5 Å². The lowest BCUT2D eigenvalue weighted by molar-refractivity contribution is 0.249. The summed E-state index contributed by atoms with van der Waals surface area (Å²) in [4.78, 5) is 26.2. The third-order valence-corrected chi connectivity index (χ3v) is 3.83. The van der Waals surface area contributed by atoms with E-state index < -0.39 is 0 Å². The first-order valence-corrected chi connectivity index (χ1v) is 7.53. The van der Waals surface area contributed by atoms with Gasteiger partial charge in [0.25, 0.3) is 0 Å². The Bertz CT molecular complexity index is 745. The lowest BCUT2D eigenvalue weighted by atomic mass is 10.2. The molecule has 1 amide bonds. The molecular weight excluding hydrogens is 336 g/mol. The van der Waals surface area contributed by atoms with Crippen LogP contribution in [0, 0.1) is 5.92 Å². The van der Waals surface area contributed by atoms with E-state index >= 15 is 0 Å². The Morgan fingerprint density at radius 2 is 1.90 bits per heavy atom. The summed E-state index contributed by atoms with van der Waals surface area (Å²) in [6, 6.07) is 7.05. The zero-order valence-electron chi connectivity index (χ0n) is 11.8. The van der Waals surface area contributed by atoms with Crippen molar-refractivity contribution in [2.24, 2.45) is 5.92 Å². The van der Waals surface area contributed by atoms with E-state index in [2.05, 4.69) is 21.0 Å². The fraction of sp³-hybridized carbons (Fsp3) is 0.357. The number of nitrogens with zero attached hydrogens (tertiary/aromatic N) is 4. The Balaban J connectivity index is 1.93. The van der Waals surface area contributed by atoms with Gasteiger partial charge < -0.3 is 0 Å². The number of fused-ring (bicyclic) bond motifs is 1. The topological polar surface area (TPSA) is 60.1 Å². The zero-order chi connectivity index (χ0) is 15.1. The number of halogens is 1. The molecule has 1 aromatic carbocycles. The number of anilines is 1. The molecule has 0 unspecified atom stereocenters. The third kappa shape index (κ3) is 2.42. The van der Waals surface area contributed by atoms with Gasteiger partial charge in [-0.3, -0.25) is 4.90 Å². The van der Waals surface area contributed by atoms with Gasteiger partial charge in [-0.15, -0.1) is 0 Å². The van der Waals surface area contributed by atoms with Crippen molar-refractivity contribution < 1.29 is 4.79 Å². The van der Waals surface area contributed by atoms with E-state index in [4.69, 9.17) is 0 Å². The molecule has 0 fully saturated rings. The van der Waals surface area contributed by atoms with Gasteiger partial charge in [-0.1, -0.05) is 29.8 Å². The van der Waals surface area contributed by atoms with Crippen molar-refractivity contribution in [1.82, 2.24) is 14.3 Å². The van der Waals surface area contributed by atoms with Gasteiger partial charge in [0, 0.05) is 16.7 Å². The monoisotopic (exact) mass is 350 g/mol. The molecule has 0 aliphatic carbocycles. The standard InChI is InChI=1S/C14H15BrN4O2/c1-9(2)7-18-14(21)19-12(16-18)8-17(13(19)20)11-5-3-10(15)4-6-11/h3-6,9H,7-8H2,1-2H3. The van der Waals surface area contributed by atoms with E-state index in [0.29, 0.717) is 24.8 Å². The van der Waals surface area contributed by atoms with Crippen LogP contribution >= 0.6 is 15.9 Å². The van der Waals surface area contributed by atoms with E-state index in [1.165, 1.54) is 4.68 Å². The molecule has 0 radical (unpaired) electrons. The largest absolute Gasteiger partial charge is 0.354 e. The highest BCUT2D eigenvalue weighted by Crippen LogP contribution is 2.24. The first-order chi connectivity index (χ1) is 9.97. The van der Waals surface area contributed by atoms with Crippen LogP contribution in [-0.2, 0) is 13.1 Å². The molecule has 6 nitrogen and oxygen atoms in total. The van der Waals surface area contributed by atoms with Crippen LogP contribution in [0.2, 0.25) is 0 Å². The fourth-order valence-electron chi connectivity index (χ4n) is 2.36. The molecular formula is C14H15BrN4O2. The summed E-state index contributed by atoms with van der Waals surface area (Å²) in [5.74, 6) is 0.796. The van der Waals surface area contributed by atoms with Crippen molar-refractivity contribution in [3.63, 3.8) is 0 Å². The number of carbonyl (C=O) groups excluding carboxylic acids is 1. The summed E-state index contributed by atoms with van der Waals surface area (Å²) in [6.07, 6.45) is 0.